The SMILES string of the molecule is COc1ccc(Br)c(C=O)c1.COc1cccc(C=O)c1. The number of carbonyl (C=O) groups is 2. The van der Waals surface area contributed by atoms with Crippen LogP contribution in [0.3, 0.4) is 0 Å². The lowest BCUT2D eigenvalue weighted by atomic mass is 10.2. The molecule has 2 aromatic rings. The molecule has 4 nitrogen and oxygen atoms in total. The van der Waals surface area contributed by atoms with Crippen LogP contribution in [-0.2, 0) is 0 Å². The molecule has 0 saturated carbocycles. The van der Waals surface area contributed by atoms with Crippen molar-refractivity contribution in [2.45, 2.75) is 0 Å². The van der Waals surface area contributed by atoms with Gasteiger partial charge < -0.3 is 9.47 Å². The molecule has 21 heavy (non-hydrogen) atoms. The second-order valence-corrected chi connectivity index (χ2v) is 4.75. The van der Waals surface area contributed by atoms with Crippen molar-refractivity contribution in [3.8, 4) is 11.5 Å². The Morgan fingerprint density at radius 2 is 1.57 bits per heavy atom. The minimum atomic E-state index is 0.601. The van der Waals surface area contributed by atoms with Crippen LogP contribution in [0.25, 0.3) is 0 Å². The number of rotatable bonds is 4. The van der Waals surface area contributed by atoms with Gasteiger partial charge in [0.15, 0.2) is 6.29 Å². The number of hydrogen-bond donors (Lipinski definition) is 0. The topological polar surface area (TPSA) is 52.6 Å². The minimum absolute atomic E-state index is 0.601. The lowest BCUT2D eigenvalue weighted by Gasteiger charge is -2.00. The second-order valence-electron chi connectivity index (χ2n) is 3.90. The Morgan fingerprint density at radius 1 is 0.905 bits per heavy atom. The van der Waals surface area contributed by atoms with Gasteiger partial charge in [-0.25, -0.2) is 0 Å². The predicted molar refractivity (Wildman–Crippen MR) is 84.5 cm³/mol. The summed E-state index contributed by atoms with van der Waals surface area (Å²) in [6.07, 6.45) is 1.58. The molecule has 0 aliphatic heterocycles. The molecule has 0 atom stereocenters. The van der Waals surface area contributed by atoms with E-state index in [4.69, 9.17) is 9.47 Å². The highest BCUT2D eigenvalue weighted by Crippen LogP contribution is 2.20. The van der Waals surface area contributed by atoms with E-state index in [9.17, 15) is 9.59 Å². The van der Waals surface area contributed by atoms with Crippen molar-refractivity contribution in [1.29, 1.82) is 0 Å². The van der Waals surface area contributed by atoms with Crippen LogP contribution in [0.15, 0.2) is 46.9 Å². The molecule has 0 aromatic heterocycles. The second kappa shape index (κ2) is 8.92. The predicted octanol–water partition coefficient (Wildman–Crippen LogP) is 3.78. The number of carbonyl (C=O) groups excluding carboxylic acids is 2. The Labute approximate surface area is 131 Å². The summed E-state index contributed by atoms with van der Waals surface area (Å²) in [5.74, 6) is 1.40. The van der Waals surface area contributed by atoms with Crippen LogP contribution in [0, 0.1) is 0 Å². The molecule has 0 amide bonds. The molecule has 0 saturated heterocycles. The molecule has 0 radical (unpaired) electrons. The van der Waals surface area contributed by atoms with E-state index in [1.165, 1.54) is 0 Å². The van der Waals surface area contributed by atoms with Crippen LogP contribution in [0.1, 0.15) is 20.7 Å². The zero-order chi connectivity index (χ0) is 15.7. The van der Waals surface area contributed by atoms with Crippen molar-refractivity contribution in [1.82, 2.24) is 0 Å². The summed E-state index contributed by atoms with van der Waals surface area (Å²) < 4.78 is 10.6. The maximum atomic E-state index is 10.4. The van der Waals surface area contributed by atoms with Gasteiger partial charge in [0, 0.05) is 15.6 Å². The molecule has 0 aliphatic carbocycles. The molecule has 0 spiro atoms. The van der Waals surface area contributed by atoms with Crippen molar-refractivity contribution in [3.05, 3.63) is 58.1 Å². The van der Waals surface area contributed by atoms with E-state index in [1.807, 2.05) is 0 Å². The maximum Gasteiger partial charge on any atom is 0.151 e. The number of ether oxygens (including phenoxy) is 2. The van der Waals surface area contributed by atoms with Crippen LogP contribution in [0.2, 0.25) is 0 Å². The van der Waals surface area contributed by atoms with Gasteiger partial charge in [-0.15, -0.1) is 0 Å². The molecule has 0 heterocycles. The monoisotopic (exact) mass is 350 g/mol. The molecule has 0 bridgehead atoms. The van der Waals surface area contributed by atoms with Crippen LogP contribution in [-0.4, -0.2) is 26.8 Å². The van der Waals surface area contributed by atoms with Gasteiger partial charge in [-0.05, 0) is 30.3 Å². The summed E-state index contributed by atoms with van der Waals surface area (Å²) in [7, 11) is 3.14. The van der Waals surface area contributed by atoms with E-state index in [0.29, 0.717) is 22.6 Å². The average molecular weight is 351 g/mol. The van der Waals surface area contributed by atoms with E-state index in [0.717, 1.165) is 17.0 Å². The third-order valence-corrected chi connectivity index (χ3v) is 3.28. The number of benzene rings is 2. The zero-order valence-corrected chi connectivity index (χ0v) is 13.3. The third-order valence-electron chi connectivity index (χ3n) is 2.56. The average Bonchev–Trinajstić information content (AvgIpc) is 2.56. The molecule has 0 aliphatic rings. The third kappa shape index (κ3) is 5.39. The smallest absolute Gasteiger partial charge is 0.151 e. The number of hydrogen-bond acceptors (Lipinski definition) is 4. The van der Waals surface area contributed by atoms with E-state index in [1.54, 1.807) is 56.7 Å². The molecule has 110 valence electrons. The molecular weight excluding hydrogens is 336 g/mol. The minimum Gasteiger partial charge on any atom is -0.497 e. The Balaban J connectivity index is 0.000000211. The standard InChI is InChI=1S/C8H7BrO2.C8H8O2/c1-11-7-2-3-8(9)6(4-7)5-10;1-10-8-4-2-3-7(5-8)6-9/h2-5H,1H3;2-6H,1H3. The van der Waals surface area contributed by atoms with Gasteiger partial charge in [-0.1, -0.05) is 28.1 Å². The first-order chi connectivity index (χ1) is 10.1. The van der Waals surface area contributed by atoms with Crippen LogP contribution < -0.4 is 9.47 Å². The maximum absolute atomic E-state index is 10.4. The first kappa shape index (κ1) is 16.9. The molecule has 0 fully saturated rings. The fraction of sp³-hybridized carbons (Fsp3) is 0.125. The fourth-order valence-electron chi connectivity index (χ4n) is 1.45. The summed E-state index contributed by atoms with van der Waals surface area (Å²) in [4.78, 5) is 20.6. The number of aldehydes is 2. The normalized spacial score (nSPS) is 9.10. The Hall–Kier alpha value is -2.14. The van der Waals surface area contributed by atoms with Crippen LogP contribution in [0.4, 0.5) is 0 Å². The van der Waals surface area contributed by atoms with Gasteiger partial charge in [-0.3, -0.25) is 9.59 Å². The molecular formula is C16H15BrO4. The quantitative estimate of drug-likeness (QED) is 0.787. The van der Waals surface area contributed by atoms with Gasteiger partial charge in [0.05, 0.1) is 14.2 Å². The number of methoxy groups -OCH3 is 2. The Morgan fingerprint density at radius 3 is 2.14 bits per heavy atom. The summed E-state index contributed by atoms with van der Waals surface area (Å²) >= 11 is 3.23. The van der Waals surface area contributed by atoms with Gasteiger partial charge in [0.2, 0.25) is 0 Å². The van der Waals surface area contributed by atoms with Crippen molar-refractivity contribution in [3.63, 3.8) is 0 Å². The summed E-state index contributed by atoms with van der Waals surface area (Å²) in [6.45, 7) is 0. The Bertz CT molecular complexity index is 611. The molecule has 2 rings (SSSR count). The van der Waals surface area contributed by atoms with Gasteiger partial charge >= 0.3 is 0 Å². The largest absolute Gasteiger partial charge is 0.497 e. The lowest BCUT2D eigenvalue weighted by molar-refractivity contribution is 0.111. The van der Waals surface area contributed by atoms with Gasteiger partial charge in [-0.2, -0.15) is 0 Å². The summed E-state index contributed by atoms with van der Waals surface area (Å²) in [6, 6.07) is 12.2. The van der Waals surface area contributed by atoms with E-state index >= 15 is 0 Å². The first-order valence-corrected chi connectivity index (χ1v) is 6.81. The Kier molecular flexibility index (Phi) is 7.18. The van der Waals surface area contributed by atoms with E-state index in [-0.39, 0.29) is 0 Å². The van der Waals surface area contributed by atoms with E-state index in [2.05, 4.69) is 15.9 Å². The first-order valence-electron chi connectivity index (χ1n) is 6.02. The van der Waals surface area contributed by atoms with E-state index < -0.39 is 0 Å². The highest BCUT2D eigenvalue weighted by molar-refractivity contribution is 9.10. The molecule has 0 N–H and O–H groups in total. The summed E-state index contributed by atoms with van der Waals surface area (Å²) in [5.41, 5.74) is 1.24. The molecule has 2 aromatic carbocycles. The van der Waals surface area contributed by atoms with Crippen molar-refractivity contribution in [2.75, 3.05) is 14.2 Å². The van der Waals surface area contributed by atoms with Crippen LogP contribution in [0.5, 0.6) is 11.5 Å². The van der Waals surface area contributed by atoms with Gasteiger partial charge in [0.1, 0.15) is 17.8 Å². The van der Waals surface area contributed by atoms with Crippen molar-refractivity contribution >= 4 is 28.5 Å². The van der Waals surface area contributed by atoms with Crippen molar-refractivity contribution in [2.24, 2.45) is 0 Å². The molecule has 0 unspecified atom stereocenters. The van der Waals surface area contributed by atoms with Gasteiger partial charge in [0.25, 0.3) is 0 Å². The lowest BCUT2D eigenvalue weighted by Crippen LogP contribution is -1.86. The highest BCUT2D eigenvalue weighted by Gasteiger charge is 1.99. The number of halogens is 1. The highest BCUT2D eigenvalue weighted by atomic mass is 79.9. The van der Waals surface area contributed by atoms with Crippen LogP contribution >= 0.6 is 15.9 Å². The summed E-state index contributed by atoms with van der Waals surface area (Å²) in [5, 5.41) is 0. The zero-order valence-electron chi connectivity index (χ0n) is 11.7. The van der Waals surface area contributed by atoms with Crippen molar-refractivity contribution < 1.29 is 19.1 Å². The fourth-order valence-corrected chi connectivity index (χ4v) is 1.79. The molecule has 5 heteroatoms.